The van der Waals surface area contributed by atoms with Gasteiger partial charge in [0.1, 0.15) is 16.6 Å². The van der Waals surface area contributed by atoms with Crippen LogP contribution >= 0.6 is 11.8 Å². The minimum atomic E-state index is -0.362. The molecule has 25 heavy (non-hydrogen) atoms. The van der Waals surface area contributed by atoms with Crippen molar-refractivity contribution in [1.29, 1.82) is 0 Å². The van der Waals surface area contributed by atoms with Gasteiger partial charge in [0.05, 0.1) is 18.2 Å². The average Bonchev–Trinajstić information content (AvgIpc) is 3.02. The number of hydrogen-bond donors (Lipinski definition) is 1. The first-order valence-corrected chi connectivity index (χ1v) is 8.77. The number of ether oxygens (including phenoxy) is 1. The third-order valence-electron chi connectivity index (χ3n) is 3.65. The van der Waals surface area contributed by atoms with Crippen molar-refractivity contribution in [2.24, 2.45) is 0 Å². The number of rotatable bonds is 5. The Bertz CT molecular complexity index is 891. The number of aromatic nitrogens is 2. The lowest BCUT2D eigenvalue weighted by Gasteiger charge is -2.08. The molecule has 2 heterocycles. The van der Waals surface area contributed by atoms with Crippen LogP contribution in [0.1, 0.15) is 16.1 Å². The largest absolute Gasteiger partial charge is 0.465 e. The number of benzene rings is 1. The van der Waals surface area contributed by atoms with Gasteiger partial charge in [-0.3, -0.25) is 0 Å². The number of nitrogens with zero attached hydrogens (tertiary/aromatic N) is 2. The molecule has 0 atom stereocenters. The van der Waals surface area contributed by atoms with Gasteiger partial charge in [0, 0.05) is 11.9 Å². The Morgan fingerprint density at radius 1 is 1.24 bits per heavy atom. The van der Waals surface area contributed by atoms with Crippen LogP contribution in [0.5, 0.6) is 0 Å². The number of carbonyl (C=O) groups is 1. The van der Waals surface area contributed by atoms with Crippen LogP contribution in [0.25, 0.3) is 11.1 Å². The quantitative estimate of drug-likeness (QED) is 0.540. The number of aryl methyl sites for hydroxylation is 1. The molecule has 0 radical (unpaired) electrons. The lowest BCUT2D eigenvalue weighted by Crippen LogP contribution is -2.01. The van der Waals surface area contributed by atoms with Gasteiger partial charge in [0.25, 0.3) is 0 Å². The number of thioether (sulfide) groups is 1. The molecular formula is C18H17N3O3S. The molecule has 0 bridgehead atoms. The van der Waals surface area contributed by atoms with E-state index in [2.05, 4.69) is 15.5 Å². The Morgan fingerprint density at radius 3 is 2.68 bits per heavy atom. The smallest absolute Gasteiger partial charge is 0.337 e. The minimum absolute atomic E-state index is 0.362. The number of nitrogens with one attached hydrogen (secondary N) is 1. The standard InChI is InChI=1S/C18H17N3O3S/c1-11-16(17(25-3)21-24-11)13-8-9-19-15(10-13)20-14-6-4-12(5-7-14)18(22)23-2/h4-10H,1-3H3,(H,19,20). The highest BCUT2D eigenvalue weighted by atomic mass is 32.2. The number of carbonyl (C=O) groups excluding carboxylic acids is 1. The van der Waals surface area contributed by atoms with Crippen LogP contribution in [0.4, 0.5) is 11.5 Å². The maximum absolute atomic E-state index is 11.5. The topological polar surface area (TPSA) is 77.2 Å². The molecule has 128 valence electrons. The third kappa shape index (κ3) is 3.66. The highest BCUT2D eigenvalue weighted by Crippen LogP contribution is 2.33. The van der Waals surface area contributed by atoms with Crippen LogP contribution in [-0.2, 0) is 4.74 Å². The summed E-state index contributed by atoms with van der Waals surface area (Å²) in [6, 6.07) is 10.9. The van der Waals surface area contributed by atoms with Gasteiger partial charge in [0.15, 0.2) is 0 Å². The van der Waals surface area contributed by atoms with Crippen LogP contribution in [0, 0.1) is 6.92 Å². The van der Waals surface area contributed by atoms with Crippen molar-refractivity contribution in [1.82, 2.24) is 10.1 Å². The summed E-state index contributed by atoms with van der Waals surface area (Å²) in [4.78, 5) is 15.8. The Labute approximate surface area is 149 Å². The predicted molar refractivity (Wildman–Crippen MR) is 97.3 cm³/mol. The Kier molecular flexibility index (Phi) is 5.04. The summed E-state index contributed by atoms with van der Waals surface area (Å²) in [7, 11) is 1.36. The van der Waals surface area contributed by atoms with Gasteiger partial charge in [-0.1, -0.05) is 5.16 Å². The van der Waals surface area contributed by atoms with E-state index in [-0.39, 0.29) is 5.97 Å². The van der Waals surface area contributed by atoms with Crippen molar-refractivity contribution in [3.63, 3.8) is 0 Å². The number of pyridine rings is 1. The SMILES string of the molecule is COC(=O)c1ccc(Nc2cc(-c3c(SC)noc3C)ccn2)cc1. The second-order valence-corrected chi connectivity index (χ2v) is 6.04. The molecule has 0 aliphatic heterocycles. The molecule has 1 aromatic carbocycles. The van der Waals surface area contributed by atoms with Crippen molar-refractivity contribution in [2.75, 3.05) is 18.7 Å². The number of methoxy groups -OCH3 is 1. The van der Waals surface area contributed by atoms with Crippen LogP contribution in [0.3, 0.4) is 0 Å². The van der Waals surface area contributed by atoms with E-state index in [4.69, 9.17) is 9.26 Å². The van der Waals surface area contributed by atoms with E-state index in [1.807, 2.05) is 25.3 Å². The zero-order valence-corrected chi connectivity index (χ0v) is 14.9. The maximum Gasteiger partial charge on any atom is 0.337 e. The van der Waals surface area contributed by atoms with Crippen molar-refractivity contribution in [2.45, 2.75) is 11.9 Å². The average molecular weight is 355 g/mol. The molecule has 0 unspecified atom stereocenters. The molecule has 0 spiro atoms. The fourth-order valence-corrected chi connectivity index (χ4v) is 3.01. The second kappa shape index (κ2) is 7.40. The van der Waals surface area contributed by atoms with Gasteiger partial charge in [0.2, 0.25) is 0 Å². The highest BCUT2D eigenvalue weighted by molar-refractivity contribution is 7.98. The second-order valence-electron chi connectivity index (χ2n) is 5.25. The Balaban J connectivity index is 1.85. The van der Waals surface area contributed by atoms with E-state index in [1.165, 1.54) is 18.9 Å². The van der Waals surface area contributed by atoms with Gasteiger partial charge >= 0.3 is 5.97 Å². The summed E-state index contributed by atoms with van der Waals surface area (Å²) in [5.41, 5.74) is 3.27. The van der Waals surface area contributed by atoms with Gasteiger partial charge in [-0.2, -0.15) is 0 Å². The zero-order chi connectivity index (χ0) is 17.8. The van der Waals surface area contributed by atoms with Crippen molar-refractivity contribution < 1.29 is 14.1 Å². The van der Waals surface area contributed by atoms with Gasteiger partial charge in [-0.05, 0) is 55.1 Å². The molecule has 6 nitrogen and oxygen atoms in total. The highest BCUT2D eigenvalue weighted by Gasteiger charge is 2.15. The maximum atomic E-state index is 11.5. The fourth-order valence-electron chi connectivity index (χ4n) is 2.43. The zero-order valence-electron chi connectivity index (χ0n) is 14.1. The first-order valence-electron chi connectivity index (χ1n) is 7.54. The summed E-state index contributed by atoms with van der Waals surface area (Å²) >= 11 is 1.54. The van der Waals surface area contributed by atoms with E-state index in [0.29, 0.717) is 11.4 Å². The van der Waals surface area contributed by atoms with Crippen LogP contribution in [0.15, 0.2) is 52.1 Å². The molecule has 0 saturated heterocycles. The van der Waals surface area contributed by atoms with Crippen LogP contribution < -0.4 is 5.32 Å². The molecule has 3 rings (SSSR count). The Morgan fingerprint density at radius 2 is 2.00 bits per heavy atom. The number of hydrogen-bond acceptors (Lipinski definition) is 7. The van der Waals surface area contributed by atoms with Gasteiger partial charge in [-0.25, -0.2) is 9.78 Å². The molecular weight excluding hydrogens is 338 g/mol. The minimum Gasteiger partial charge on any atom is -0.465 e. The van der Waals surface area contributed by atoms with Crippen LogP contribution in [-0.4, -0.2) is 29.5 Å². The number of anilines is 2. The predicted octanol–water partition coefficient (Wildman–Crippen LogP) is 4.30. The molecule has 0 amide bonds. The van der Waals surface area contributed by atoms with E-state index in [0.717, 1.165) is 27.6 Å². The van der Waals surface area contributed by atoms with Gasteiger partial charge in [-0.15, -0.1) is 11.8 Å². The fraction of sp³-hybridized carbons (Fsp3) is 0.167. The summed E-state index contributed by atoms with van der Waals surface area (Å²) in [6.45, 7) is 1.89. The Hall–Kier alpha value is -2.80. The third-order valence-corrected chi connectivity index (χ3v) is 4.32. The van der Waals surface area contributed by atoms with Crippen molar-refractivity contribution in [3.05, 3.63) is 53.9 Å². The van der Waals surface area contributed by atoms with Crippen molar-refractivity contribution in [3.8, 4) is 11.1 Å². The van der Waals surface area contributed by atoms with E-state index < -0.39 is 0 Å². The van der Waals surface area contributed by atoms with E-state index in [9.17, 15) is 4.79 Å². The first kappa shape index (κ1) is 17.0. The lowest BCUT2D eigenvalue weighted by molar-refractivity contribution is 0.0601. The van der Waals surface area contributed by atoms with Crippen LogP contribution in [0.2, 0.25) is 0 Å². The molecule has 0 aliphatic rings. The summed E-state index contributed by atoms with van der Waals surface area (Å²) in [6.07, 6.45) is 3.70. The molecule has 1 N–H and O–H groups in total. The monoisotopic (exact) mass is 355 g/mol. The van der Waals surface area contributed by atoms with E-state index in [1.54, 1.807) is 30.5 Å². The number of esters is 1. The molecule has 0 saturated carbocycles. The van der Waals surface area contributed by atoms with E-state index >= 15 is 0 Å². The molecule has 0 aliphatic carbocycles. The summed E-state index contributed by atoms with van der Waals surface area (Å²) < 4.78 is 9.99. The molecule has 2 aromatic heterocycles. The molecule has 7 heteroatoms. The van der Waals surface area contributed by atoms with Crippen molar-refractivity contribution >= 4 is 29.2 Å². The molecule has 0 fully saturated rings. The summed E-state index contributed by atoms with van der Waals surface area (Å²) in [5.74, 6) is 1.10. The normalized spacial score (nSPS) is 10.5. The lowest BCUT2D eigenvalue weighted by atomic mass is 10.1. The summed E-state index contributed by atoms with van der Waals surface area (Å²) in [5, 5.41) is 8.13. The first-order chi connectivity index (χ1) is 12.1. The molecule has 3 aromatic rings. The van der Waals surface area contributed by atoms with Gasteiger partial charge < -0.3 is 14.6 Å².